The first-order valence-corrected chi connectivity index (χ1v) is 7.49. The predicted octanol–water partition coefficient (Wildman–Crippen LogP) is 4.23. The molecule has 3 aromatic rings. The highest BCUT2D eigenvalue weighted by molar-refractivity contribution is 6.05. The van der Waals surface area contributed by atoms with E-state index in [2.05, 4.69) is 6.58 Å². The third-order valence-electron chi connectivity index (χ3n) is 4.11. The number of ether oxygens (including phenoxy) is 2. The molecule has 1 aliphatic rings. The summed E-state index contributed by atoms with van der Waals surface area (Å²) in [5, 5.41) is 2.07. The molecular weight excluding hydrogens is 292 g/mol. The molecule has 1 unspecified atom stereocenters. The molecule has 116 valence electrons. The van der Waals surface area contributed by atoms with Crippen molar-refractivity contribution < 1.29 is 18.7 Å². The Labute approximate surface area is 133 Å². The van der Waals surface area contributed by atoms with Gasteiger partial charge in [-0.15, -0.1) is 0 Å². The van der Waals surface area contributed by atoms with Crippen molar-refractivity contribution in [2.75, 3.05) is 6.61 Å². The minimum Gasteiger partial charge on any atom is -0.489 e. The maximum absolute atomic E-state index is 11.5. The number of carbonyl (C=O) groups is 1. The van der Waals surface area contributed by atoms with Crippen molar-refractivity contribution in [3.63, 3.8) is 0 Å². The number of rotatable bonds is 3. The topological polar surface area (TPSA) is 48.7 Å². The van der Waals surface area contributed by atoms with E-state index in [0.717, 1.165) is 27.7 Å². The number of benzene rings is 2. The Kier molecular flexibility index (Phi) is 2.94. The quantitative estimate of drug-likeness (QED) is 0.537. The molecule has 0 spiro atoms. The average molecular weight is 308 g/mol. The van der Waals surface area contributed by atoms with Gasteiger partial charge >= 0.3 is 5.97 Å². The molecule has 4 heteroatoms. The van der Waals surface area contributed by atoms with Crippen LogP contribution in [0.25, 0.3) is 21.9 Å². The standard InChI is InChI=1S/C19H16O4/c1-12-10-19(2,23-18(12)20)11-21-13-7-8-17-15(9-13)14-5-3-4-6-16(14)22-17/h3-9H,1,10-11H2,2H3. The van der Waals surface area contributed by atoms with Crippen LogP contribution < -0.4 is 4.74 Å². The maximum atomic E-state index is 11.5. The van der Waals surface area contributed by atoms with E-state index in [1.165, 1.54) is 0 Å². The lowest BCUT2D eigenvalue weighted by atomic mass is 10.0. The van der Waals surface area contributed by atoms with Gasteiger partial charge in [0, 0.05) is 22.8 Å². The molecule has 0 radical (unpaired) electrons. The second-order valence-electron chi connectivity index (χ2n) is 6.16. The van der Waals surface area contributed by atoms with Crippen LogP contribution in [0.3, 0.4) is 0 Å². The van der Waals surface area contributed by atoms with Crippen LogP contribution in [0, 0.1) is 0 Å². The minimum absolute atomic E-state index is 0.291. The number of carbonyl (C=O) groups excluding carboxylic acids is 1. The lowest BCUT2D eigenvalue weighted by molar-refractivity contribution is -0.147. The summed E-state index contributed by atoms with van der Waals surface area (Å²) in [6.45, 7) is 5.86. The number of fused-ring (bicyclic) bond motifs is 3. The van der Waals surface area contributed by atoms with Gasteiger partial charge in [0.05, 0.1) is 0 Å². The van der Waals surface area contributed by atoms with E-state index in [4.69, 9.17) is 13.9 Å². The summed E-state index contributed by atoms with van der Waals surface area (Å²) in [6.07, 6.45) is 0.489. The lowest BCUT2D eigenvalue weighted by Gasteiger charge is -2.22. The van der Waals surface area contributed by atoms with E-state index in [1.54, 1.807) is 0 Å². The predicted molar refractivity (Wildman–Crippen MR) is 87.5 cm³/mol. The molecule has 1 fully saturated rings. The number of hydrogen-bond acceptors (Lipinski definition) is 4. The number of esters is 1. The average Bonchev–Trinajstić information content (AvgIpc) is 3.02. The van der Waals surface area contributed by atoms with Crippen molar-refractivity contribution in [3.05, 3.63) is 54.6 Å². The van der Waals surface area contributed by atoms with Gasteiger partial charge in [-0.05, 0) is 31.2 Å². The van der Waals surface area contributed by atoms with Crippen LogP contribution in [0.2, 0.25) is 0 Å². The number of para-hydroxylation sites is 1. The molecule has 0 saturated carbocycles. The van der Waals surface area contributed by atoms with Crippen molar-refractivity contribution >= 4 is 27.9 Å². The van der Waals surface area contributed by atoms with E-state index in [-0.39, 0.29) is 5.97 Å². The molecule has 1 aliphatic heterocycles. The van der Waals surface area contributed by atoms with E-state index in [9.17, 15) is 4.79 Å². The van der Waals surface area contributed by atoms with Gasteiger partial charge in [0.15, 0.2) is 0 Å². The molecule has 2 heterocycles. The van der Waals surface area contributed by atoms with Crippen molar-refractivity contribution in [2.45, 2.75) is 18.9 Å². The van der Waals surface area contributed by atoms with Crippen LogP contribution >= 0.6 is 0 Å². The summed E-state index contributed by atoms with van der Waals surface area (Å²) in [5.74, 6) is 0.381. The minimum atomic E-state index is -0.651. The first kappa shape index (κ1) is 13.9. The summed E-state index contributed by atoms with van der Waals surface area (Å²) in [5.41, 5.74) is 1.52. The van der Waals surface area contributed by atoms with Crippen LogP contribution in [0.4, 0.5) is 0 Å². The van der Waals surface area contributed by atoms with Crippen LogP contribution in [0.15, 0.2) is 59.0 Å². The highest BCUT2D eigenvalue weighted by Crippen LogP contribution is 2.33. The van der Waals surface area contributed by atoms with E-state index < -0.39 is 5.60 Å². The molecule has 23 heavy (non-hydrogen) atoms. The van der Waals surface area contributed by atoms with Gasteiger partial charge in [0.25, 0.3) is 0 Å². The third-order valence-corrected chi connectivity index (χ3v) is 4.11. The molecule has 0 amide bonds. The molecule has 2 aromatic carbocycles. The zero-order chi connectivity index (χ0) is 16.0. The van der Waals surface area contributed by atoms with E-state index in [1.807, 2.05) is 49.4 Å². The molecule has 4 rings (SSSR count). The fourth-order valence-electron chi connectivity index (χ4n) is 2.97. The highest BCUT2D eigenvalue weighted by atomic mass is 16.6. The first-order chi connectivity index (χ1) is 11.0. The van der Waals surface area contributed by atoms with E-state index in [0.29, 0.717) is 18.6 Å². The summed E-state index contributed by atoms with van der Waals surface area (Å²) in [7, 11) is 0. The van der Waals surface area contributed by atoms with Gasteiger partial charge in [-0.2, -0.15) is 0 Å². The Morgan fingerprint density at radius 3 is 2.74 bits per heavy atom. The molecular formula is C19H16O4. The van der Waals surface area contributed by atoms with Crippen LogP contribution in [-0.4, -0.2) is 18.2 Å². The van der Waals surface area contributed by atoms with E-state index >= 15 is 0 Å². The number of hydrogen-bond donors (Lipinski definition) is 0. The largest absolute Gasteiger partial charge is 0.489 e. The Morgan fingerprint density at radius 2 is 1.96 bits per heavy atom. The van der Waals surface area contributed by atoms with Crippen molar-refractivity contribution in [2.24, 2.45) is 0 Å². The van der Waals surface area contributed by atoms with Crippen LogP contribution in [0.5, 0.6) is 5.75 Å². The second kappa shape index (κ2) is 4.88. The SMILES string of the molecule is C=C1CC(C)(COc2ccc3oc4ccccc4c3c2)OC1=O. The van der Waals surface area contributed by atoms with Crippen LogP contribution in [-0.2, 0) is 9.53 Å². The lowest BCUT2D eigenvalue weighted by Crippen LogP contribution is -2.32. The van der Waals surface area contributed by atoms with Crippen LogP contribution in [0.1, 0.15) is 13.3 Å². The highest BCUT2D eigenvalue weighted by Gasteiger charge is 2.39. The zero-order valence-corrected chi connectivity index (χ0v) is 12.8. The summed E-state index contributed by atoms with van der Waals surface area (Å²) < 4.78 is 17.0. The summed E-state index contributed by atoms with van der Waals surface area (Å²) >= 11 is 0. The fraction of sp³-hybridized carbons (Fsp3) is 0.211. The third kappa shape index (κ3) is 2.36. The smallest absolute Gasteiger partial charge is 0.334 e. The van der Waals surface area contributed by atoms with Gasteiger partial charge in [-0.1, -0.05) is 24.8 Å². The van der Waals surface area contributed by atoms with Crippen molar-refractivity contribution in [1.29, 1.82) is 0 Å². The Bertz CT molecular complexity index is 919. The van der Waals surface area contributed by atoms with Gasteiger partial charge in [0.2, 0.25) is 0 Å². The molecule has 1 saturated heterocycles. The molecule has 1 atom stereocenters. The monoisotopic (exact) mass is 308 g/mol. The maximum Gasteiger partial charge on any atom is 0.334 e. The second-order valence-corrected chi connectivity index (χ2v) is 6.16. The van der Waals surface area contributed by atoms with Crippen molar-refractivity contribution in [3.8, 4) is 5.75 Å². The number of furan rings is 1. The zero-order valence-electron chi connectivity index (χ0n) is 12.8. The summed E-state index contributed by atoms with van der Waals surface area (Å²) in [4.78, 5) is 11.5. The van der Waals surface area contributed by atoms with Crippen molar-refractivity contribution in [1.82, 2.24) is 0 Å². The van der Waals surface area contributed by atoms with Gasteiger partial charge in [-0.25, -0.2) is 4.79 Å². The Balaban J connectivity index is 1.61. The first-order valence-electron chi connectivity index (χ1n) is 7.49. The van der Waals surface area contributed by atoms with Gasteiger partial charge in [0.1, 0.15) is 29.1 Å². The molecule has 4 nitrogen and oxygen atoms in total. The fourth-order valence-corrected chi connectivity index (χ4v) is 2.97. The molecule has 0 bridgehead atoms. The normalized spacial score (nSPS) is 21.1. The summed E-state index contributed by atoms with van der Waals surface area (Å²) in [6, 6.07) is 13.6. The van der Waals surface area contributed by atoms with Gasteiger partial charge < -0.3 is 13.9 Å². The Hall–Kier alpha value is -2.75. The molecule has 0 aliphatic carbocycles. The molecule has 0 N–H and O–H groups in total. The van der Waals surface area contributed by atoms with Gasteiger partial charge in [-0.3, -0.25) is 0 Å². The molecule has 1 aromatic heterocycles. The number of cyclic esters (lactones) is 1. The Morgan fingerprint density at radius 1 is 1.17 bits per heavy atom.